The monoisotopic (exact) mass is 681 g/mol. The first kappa shape index (κ1) is 34.2. The van der Waals surface area contributed by atoms with E-state index >= 15 is 0 Å². The molecule has 0 saturated carbocycles. The molecule has 9 heteroatoms. The molecule has 1 amide bonds. The number of hydrogen-bond acceptors (Lipinski definition) is 8. The topological polar surface area (TPSA) is 77.1 Å². The zero-order chi connectivity index (χ0) is 35.4. The SMILES string of the molecule is CCN(CC)c1ccc2c(c1)Oc1cc(N(CC)CC)ccc1C21c2ccccc2CN1NC(=O)CN(Cc1ccccn1)Cc1ccccn1. The third-order valence-corrected chi connectivity index (χ3v) is 10.2. The number of hydrogen-bond donors (Lipinski definition) is 1. The number of hydrazine groups is 1. The number of amides is 1. The Kier molecular flexibility index (Phi) is 10.0. The van der Waals surface area contributed by atoms with Gasteiger partial charge in [-0.25, -0.2) is 0 Å². The lowest BCUT2D eigenvalue weighted by Gasteiger charge is -2.44. The summed E-state index contributed by atoms with van der Waals surface area (Å²) in [6, 6.07) is 33.4. The molecule has 0 radical (unpaired) electrons. The van der Waals surface area contributed by atoms with Crippen LogP contribution in [0.5, 0.6) is 11.5 Å². The van der Waals surface area contributed by atoms with Crippen LogP contribution in [0, 0.1) is 0 Å². The summed E-state index contributed by atoms with van der Waals surface area (Å²) in [4.78, 5) is 30.2. The Morgan fingerprint density at radius 1 is 0.706 bits per heavy atom. The fourth-order valence-electron chi connectivity index (χ4n) is 7.77. The van der Waals surface area contributed by atoms with Crippen LogP contribution >= 0.6 is 0 Å². The van der Waals surface area contributed by atoms with Gasteiger partial charge in [0.1, 0.15) is 17.0 Å². The molecule has 51 heavy (non-hydrogen) atoms. The van der Waals surface area contributed by atoms with E-state index in [0.717, 1.165) is 82.7 Å². The summed E-state index contributed by atoms with van der Waals surface area (Å²) in [7, 11) is 0. The highest BCUT2D eigenvalue weighted by molar-refractivity contribution is 5.79. The molecule has 0 aliphatic carbocycles. The molecule has 0 unspecified atom stereocenters. The van der Waals surface area contributed by atoms with Crippen LogP contribution in [0.1, 0.15) is 61.3 Å². The van der Waals surface area contributed by atoms with Crippen molar-refractivity contribution in [3.63, 3.8) is 0 Å². The average molecular weight is 682 g/mol. The zero-order valence-corrected chi connectivity index (χ0v) is 30.0. The summed E-state index contributed by atoms with van der Waals surface area (Å²) in [6.45, 7) is 14.0. The molecular formula is C42H47N7O2. The summed E-state index contributed by atoms with van der Waals surface area (Å²) in [5, 5.41) is 2.13. The number of carbonyl (C=O) groups is 1. The van der Waals surface area contributed by atoms with Crippen LogP contribution < -0.4 is 20.0 Å². The molecule has 3 aromatic carbocycles. The highest BCUT2D eigenvalue weighted by Gasteiger charge is 2.54. The quantitative estimate of drug-likeness (QED) is 0.141. The molecule has 1 spiro atoms. The summed E-state index contributed by atoms with van der Waals surface area (Å²) in [6.07, 6.45) is 3.58. The molecule has 262 valence electrons. The number of pyridine rings is 2. The van der Waals surface area contributed by atoms with Gasteiger partial charge in [0.2, 0.25) is 5.91 Å². The summed E-state index contributed by atoms with van der Waals surface area (Å²) in [5.41, 5.74) is 10.9. The predicted molar refractivity (Wildman–Crippen MR) is 203 cm³/mol. The standard InChI is InChI=1S/C42H47N7O2/c1-5-47(6-2)34-19-21-37-39(25-34)51-40-26-35(48(7-3)8-4)20-22-38(40)42(37)36-18-10-9-15-31(36)27-49(42)45-41(50)30-46(28-32-16-11-13-23-43-32)29-33-17-12-14-24-44-33/h9-26H,5-8,27-30H2,1-4H3,(H,45,50). The second kappa shape index (κ2) is 14.9. The predicted octanol–water partition coefficient (Wildman–Crippen LogP) is 7.12. The van der Waals surface area contributed by atoms with E-state index in [9.17, 15) is 4.79 Å². The second-order valence-corrected chi connectivity index (χ2v) is 13.1. The van der Waals surface area contributed by atoms with Gasteiger partial charge in [-0.2, -0.15) is 5.01 Å². The van der Waals surface area contributed by atoms with E-state index in [1.165, 1.54) is 0 Å². The lowest BCUT2D eigenvalue weighted by Crippen LogP contribution is -2.55. The molecule has 2 aliphatic heterocycles. The van der Waals surface area contributed by atoms with Crippen molar-refractivity contribution in [3.8, 4) is 11.5 Å². The number of nitrogens with one attached hydrogen (secondary N) is 1. The Morgan fingerprint density at radius 3 is 1.75 bits per heavy atom. The van der Waals surface area contributed by atoms with Crippen LogP contribution in [-0.4, -0.2) is 58.5 Å². The number of carbonyl (C=O) groups excluding carboxylic acids is 1. The number of anilines is 2. The fourth-order valence-corrected chi connectivity index (χ4v) is 7.77. The third-order valence-electron chi connectivity index (χ3n) is 10.2. The van der Waals surface area contributed by atoms with E-state index in [2.05, 4.69) is 123 Å². The molecule has 2 aliphatic rings. The molecule has 9 nitrogen and oxygen atoms in total. The second-order valence-electron chi connectivity index (χ2n) is 13.1. The maximum absolute atomic E-state index is 14.4. The van der Waals surface area contributed by atoms with Crippen molar-refractivity contribution in [1.29, 1.82) is 0 Å². The normalized spacial score (nSPS) is 14.1. The van der Waals surface area contributed by atoms with E-state index in [1.807, 2.05) is 36.4 Å². The van der Waals surface area contributed by atoms with Crippen molar-refractivity contribution < 1.29 is 9.53 Å². The number of benzene rings is 3. The van der Waals surface area contributed by atoms with Crippen molar-refractivity contribution in [1.82, 2.24) is 25.3 Å². The van der Waals surface area contributed by atoms with Crippen LogP contribution in [0.2, 0.25) is 0 Å². The zero-order valence-electron chi connectivity index (χ0n) is 30.0. The summed E-state index contributed by atoms with van der Waals surface area (Å²) >= 11 is 0. The van der Waals surface area contributed by atoms with Gasteiger partial charge in [-0.3, -0.25) is 25.1 Å². The van der Waals surface area contributed by atoms with Crippen molar-refractivity contribution in [2.45, 2.75) is 52.9 Å². The van der Waals surface area contributed by atoms with Crippen LogP contribution in [0.3, 0.4) is 0 Å². The molecule has 0 saturated heterocycles. The number of ether oxygens (including phenoxy) is 1. The van der Waals surface area contributed by atoms with Gasteiger partial charge in [0.25, 0.3) is 0 Å². The van der Waals surface area contributed by atoms with Crippen molar-refractivity contribution >= 4 is 17.3 Å². The Hall–Kier alpha value is -5.25. The van der Waals surface area contributed by atoms with E-state index in [4.69, 9.17) is 4.74 Å². The van der Waals surface area contributed by atoms with E-state index < -0.39 is 5.54 Å². The Labute approximate surface area is 301 Å². The molecule has 2 aromatic heterocycles. The Bertz CT molecular complexity index is 1860. The van der Waals surface area contributed by atoms with Crippen molar-refractivity contribution in [2.24, 2.45) is 0 Å². The number of rotatable bonds is 13. The lowest BCUT2D eigenvalue weighted by molar-refractivity contribution is -0.129. The number of fused-ring (bicyclic) bond motifs is 6. The molecule has 0 fully saturated rings. The molecule has 5 aromatic rings. The lowest BCUT2D eigenvalue weighted by atomic mass is 9.75. The van der Waals surface area contributed by atoms with Crippen LogP contribution in [-0.2, 0) is 30.0 Å². The highest BCUT2D eigenvalue weighted by atomic mass is 16.5. The van der Waals surface area contributed by atoms with Crippen molar-refractivity contribution in [2.75, 3.05) is 42.5 Å². The molecule has 7 rings (SSSR count). The van der Waals surface area contributed by atoms with Gasteiger partial charge in [-0.1, -0.05) is 48.5 Å². The molecule has 0 atom stereocenters. The van der Waals surface area contributed by atoms with Gasteiger partial charge < -0.3 is 14.5 Å². The smallest absolute Gasteiger partial charge is 0.248 e. The molecule has 4 heterocycles. The van der Waals surface area contributed by atoms with Gasteiger partial charge in [0.05, 0.1) is 17.9 Å². The van der Waals surface area contributed by atoms with E-state index in [0.29, 0.717) is 19.6 Å². The van der Waals surface area contributed by atoms with Gasteiger partial charge in [0, 0.05) is 92.8 Å². The van der Waals surface area contributed by atoms with Crippen LogP contribution in [0.15, 0.2) is 109 Å². The summed E-state index contributed by atoms with van der Waals surface area (Å²) < 4.78 is 6.87. The van der Waals surface area contributed by atoms with Crippen LogP contribution in [0.4, 0.5) is 11.4 Å². The molecule has 0 bridgehead atoms. The van der Waals surface area contributed by atoms with Gasteiger partial charge in [-0.15, -0.1) is 0 Å². The minimum absolute atomic E-state index is 0.108. The Morgan fingerprint density at radius 2 is 1.24 bits per heavy atom. The van der Waals surface area contributed by atoms with Gasteiger partial charge >= 0.3 is 0 Å². The summed E-state index contributed by atoms with van der Waals surface area (Å²) in [5.74, 6) is 1.49. The maximum atomic E-state index is 14.4. The number of aromatic nitrogens is 2. The molecular weight excluding hydrogens is 635 g/mol. The van der Waals surface area contributed by atoms with Crippen molar-refractivity contribution in [3.05, 3.63) is 143 Å². The van der Waals surface area contributed by atoms with E-state index in [-0.39, 0.29) is 12.5 Å². The largest absolute Gasteiger partial charge is 0.456 e. The Balaban J connectivity index is 1.31. The minimum Gasteiger partial charge on any atom is -0.456 e. The van der Waals surface area contributed by atoms with E-state index in [1.54, 1.807) is 12.4 Å². The highest BCUT2D eigenvalue weighted by Crippen LogP contribution is 2.57. The van der Waals surface area contributed by atoms with Crippen LogP contribution in [0.25, 0.3) is 0 Å². The third kappa shape index (κ3) is 6.55. The first-order chi connectivity index (χ1) is 25.0. The minimum atomic E-state index is -0.814. The average Bonchev–Trinajstić information content (AvgIpc) is 3.46. The first-order valence-electron chi connectivity index (χ1n) is 18.1. The van der Waals surface area contributed by atoms with Gasteiger partial charge in [-0.05, 0) is 75.2 Å². The first-order valence-corrected chi connectivity index (χ1v) is 18.1. The van der Waals surface area contributed by atoms with Gasteiger partial charge in [0.15, 0.2) is 0 Å². The fraction of sp³-hybridized carbons (Fsp3) is 0.310. The number of nitrogens with zero attached hydrogens (tertiary/aromatic N) is 6. The maximum Gasteiger partial charge on any atom is 0.248 e. The molecule has 1 N–H and O–H groups in total.